The van der Waals surface area contributed by atoms with E-state index in [0.29, 0.717) is 16.7 Å². The molecule has 1 nitrogen and oxygen atoms in total. The summed E-state index contributed by atoms with van der Waals surface area (Å²) >= 11 is 3.72. The van der Waals surface area contributed by atoms with Crippen molar-refractivity contribution in [3.8, 4) is 0 Å². The average Bonchev–Trinajstić information content (AvgIpc) is 2.17. The molecule has 0 amide bonds. The summed E-state index contributed by atoms with van der Waals surface area (Å²) in [5.41, 5.74) is 1.35. The van der Waals surface area contributed by atoms with Crippen LogP contribution in [0, 0.1) is 5.92 Å². The van der Waals surface area contributed by atoms with Crippen molar-refractivity contribution in [1.82, 2.24) is 4.98 Å². The fourth-order valence-electron chi connectivity index (χ4n) is 1.43. The Morgan fingerprint density at radius 2 is 1.69 bits per heavy atom. The van der Waals surface area contributed by atoms with Crippen molar-refractivity contribution in [3.63, 3.8) is 0 Å². The summed E-state index contributed by atoms with van der Waals surface area (Å²) < 4.78 is 0. The van der Waals surface area contributed by atoms with Gasteiger partial charge in [0.15, 0.2) is 0 Å². The van der Waals surface area contributed by atoms with E-state index in [1.165, 1.54) is 5.56 Å². The van der Waals surface area contributed by atoms with Gasteiger partial charge in [0.05, 0.1) is 0 Å². The van der Waals surface area contributed by atoms with E-state index >= 15 is 0 Å². The monoisotopic (exact) mass is 241 g/mol. The van der Waals surface area contributed by atoms with Gasteiger partial charge in [0.1, 0.15) is 0 Å². The summed E-state index contributed by atoms with van der Waals surface area (Å²) in [5, 5.41) is 0. The van der Waals surface area contributed by atoms with E-state index in [4.69, 9.17) is 0 Å². The number of halogens is 1. The molecular formula is C11H16BrN. The molecule has 2 heteroatoms. The molecule has 0 spiro atoms. The molecule has 0 aliphatic heterocycles. The van der Waals surface area contributed by atoms with E-state index in [2.05, 4.69) is 53.8 Å². The van der Waals surface area contributed by atoms with Gasteiger partial charge in [-0.1, -0.05) is 36.7 Å². The first kappa shape index (κ1) is 10.7. The molecule has 0 aromatic carbocycles. The van der Waals surface area contributed by atoms with Gasteiger partial charge >= 0.3 is 0 Å². The van der Waals surface area contributed by atoms with E-state index in [0.717, 1.165) is 0 Å². The third kappa shape index (κ3) is 2.80. The Morgan fingerprint density at radius 1 is 1.15 bits per heavy atom. The number of pyridine rings is 1. The van der Waals surface area contributed by atoms with Crippen LogP contribution < -0.4 is 0 Å². The molecule has 1 aromatic heterocycles. The highest BCUT2D eigenvalue weighted by Crippen LogP contribution is 2.29. The Balaban J connectivity index is 2.73. The standard InChI is InChI=1S/C11H16BrN/c1-8(2)11(12)9(3)10-4-6-13-7-5-10/h4-9,11H,1-3H3. The summed E-state index contributed by atoms with van der Waals surface area (Å²) in [7, 11) is 0. The minimum absolute atomic E-state index is 0.537. The molecule has 72 valence electrons. The minimum atomic E-state index is 0.537. The van der Waals surface area contributed by atoms with Crippen molar-refractivity contribution in [1.29, 1.82) is 0 Å². The van der Waals surface area contributed by atoms with Crippen LogP contribution in [-0.4, -0.2) is 9.81 Å². The lowest BCUT2D eigenvalue weighted by Gasteiger charge is -2.21. The Morgan fingerprint density at radius 3 is 2.15 bits per heavy atom. The zero-order valence-electron chi connectivity index (χ0n) is 8.37. The first-order chi connectivity index (χ1) is 6.13. The fraction of sp³-hybridized carbons (Fsp3) is 0.545. The van der Waals surface area contributed by atoms with Gasteiger partial charge in [-0.15, -0.1) is 0 Å². The van der Waals surface area contributed by atoms with Gasteiger partial charge < -0.3 is 0 Å². The molecule has 0 saturated carbocycles. The zero-order chi connectivity index (χ0) is 9.84. The predicted molar refractivity (Wildman–Crippen MR) is 60.2 cm³/mol. The van der Waals surface area contributed by atoms with Crippen LogP contribution in [0.1, 0.15) is 32.3 Å². The van der Waals surface area contributed by atoms with Gasteiger partial charge in [0.25, 0.3) is 0 Å². The van der Waals surface area contributed by atoms with Gasteiger partial charge in [0, 0.05) is 17.2 Å². The second-order valence-electron chi connectivity index (χ2n) is 3.76. The first-order valence-electron chi connectivity index (χ1n) is 4.67. The molecule has 0 aliphatic carbocycles. The largest absolute Gasteiger partial charge is 0.265 e. The average molecular weight is 242 g/mol. The summed E-state index contributed by atoms with van der Waals surface area (Å²) in [4.78, 5) is 4.55. The Labute approximate surface area is 88.7 Å². The highest BCUT2D eigenvalue weighted by Gasteiger charge is 2.18. The highest BCUT2D eigenvalue weighted by atomic mass is 79.9. The third-order valence-corrected chi connectivity index (χ3v) is 4.20. The summed E-state index contributed by atoms with van der Waals surface area (Å²) in [6.45, 7) is 6.71. The molecule has 0 aliphatic rings. The lowest BCUT2D eigenvalue weighted by Crippen LogP contribution is -2.15. The molecule has 2 unspecified atom stereocenters. The second-order valence-corrected chi connectivity index (χ2v) is 4.81. The van der Waals surface area contributed by atoms with Crippen LogP contribution in [0.2, 0.25) is 0 Å². The van der Waals surface area contributed by atoms with Crippen LogP contribution >= 0.6 is 15.9 Å². The molecule has 1 aromatic rings. The van der Waals surface area contributed by atoms with Crippen LogP contribution in [0.3, 0.4) is 0 Å². The summed E-state index contributed by atoms with van der Waals surface area (Å²) in [6, 6.07) is 4.17. The van der Waals surface area contributed by atoms with Crippen molar-refractivity contribution in [2.75, 3.05) is 0 Å². The number of rotatable bonds is 3. The number of nitrogens with zero attached hydrogens (tertiary/aromatic N) is 1. The number of hydrogen-bond acceptors (Lipinski definition) is 1. The Hall–Kier alpha value is -0.370. The number of alkyl halides is 1. The van der Waals surface area contributed by atoms with Crippen LogP contribution in [0.25, 0.3) is 0 Å². The summed E-state index contributed by atoms with van der Waals surface area (Å²) in [5.74, 6) is 1.20. The third-order valence-electron chi connectivity index (χ3n) is 2.35. The lowest BCUT2D eigenvalue weighted by molar-refractivity contribution is 0.550. The number of hydrogen-bond donors (Lipinski definition) is 0. The maximum Gasteiger partial charge on any atom is 0.0270 e. The van der Waals surface area contributed by atoms with E-state index < -0.39 is 0 Å². The number of aromatic nitrogens is 1. The van der Waals surface area contributed by atoms with Crippen molar-refractivity contribution in [2.45, 2.75) is 31.5 Å². The van der Waals surface area contributed by atoms with Crippen molar-refractivity contribution in [3.05, 3.63) is 30.1 Å². The molecule has 0 bridgehead atoms. The quantitative estimate of drug-likeness (QED) is 0.738. The molecule has 0 fully saturated rings. The van der Waals surface area contributed by atoms with Crippen LogP contribution in [0.5, 0.6) is 0 Å². The van der Waals surface area contributed by atoms with Crippen LogP contribution in [0.15, 0.2) is 24.5 Å². The summed E-state index contributed by atoms with van der Waals surface area (Å²) in [6.07, 6.45) is 3.71. The maximum absolute atomic E-state index is 4.02. The predicted octanol–water partition coefficient (Wildman–Crippen LogP) is 3.60. The first-order valence-corrected chi connectivity index (χ1v) is 5.58. The molecule has 0 saturated heterocycles. The zero-order valence-corrected chi connectivity index (χ0v) is 9.95. The van der Waals surface area contributed by atoms with Crippen LogP contribution in [-0.2, 0) is 0 Å². The molecular weight excluding hydrogens is 226 g/mol. The van der Waals surface area contributed by atoms with Crippen molar-refractivity contribution >= 4 is 15.9 Å². The SMILES string of the molecule is CC(C)C(Br)C(C)c1ccncc1. The molecule has 13 heavy (non-hydrogen) atoms. The molecule has 2 atom stereocenters. The molecule has 0 N–H and O–H groups in total. The van der Waals surface area contributed by atoms with Crippen LogP contribution in [0.4, 0.5) is 0 Å². The Kier molecular flexibility index (Phi) is 3.91. The Bertz CT molecular complexity index is 246. The van der Waals surface area contributed by atoms with Gasteiger partial charge in [0.2, 0.25) is 0 Å². The molecule has 0 radical (unpaired) electrons. The molecule has 1 rings (SSSR count). The van der Waals surface area contributed by atoms with Crippen molar-refractivity contribution in [2.24, 2.45) is 5.92 Å². The molecule has 1 heterocycles. The van der Waals surface area contributed by atoms with Gasteiger partial charge in [-0.2, -0.15) is 0 Å². The maximum atomic E-state index is 4.02. The normalized spacial score (nSPS) is 15.8. The fourth-order valence-corrected chi connectivity index (χ4v) is 1.73. The van der Waals surface area contributed by atoms with Gasteiger partial charge in [-0.25, -0.2) is 0 Å². The van der Waals surface area contributed by atoms with E-state index in [1.54, 1.807) is 0 Å². The highest BCUT2D eigenvalue weighted by molar-refractivity contribution is 9.09. The van der Waals surface area contributed by atoms with Crippen molar-refractivity contribution < 1.29 is 0 Å². The minimum Gasteiger partial charge on any atom is -0.265 e. The van der Waals surface area contributed by atoms with Gasteiger partial charge in [-0.05, 0) is 29.5 Å². The van der Waals surface area contributed by atoms with E-state index in [-0.39, 0.29) is 0 Å². The topological polar surface area (TPSA) is 12.9 Å². The smallest absolute Gasteiger partial charge is 0.0270 e. The second kappa shape index (κ2) is 4.75. The lowest BCUT2D eigenvalue weighted by atomic mass is 9.93. The van der Waals surface area contributed by atoms with E-state index in [1.807, 2.05) is 12.4 Å². The van der Waals surface area contributed by atoms with E-state index in [9.17, 15) is 0 Å². The van der Waals surface area contributed by atoms with Gasteiger partial charge in [-0.3, -0.25) is 4.98 Å².